The fraction of sp³-hybridized carbons (Fsp3) is 0.333. The summed E-state index contributed by atoms with van der Waals surface area (Å²) in [6.07, 6.45) is 0.941. The Bertz CT molecular complexity index is 808. The number of imide groups is 2. The predicted molar refractivity (Wildman–Crippen MR) is 93.0 cm³/mol. The van der Waals surface area contributed by atoms with Crippen LogP contribution >= 0.6 is 0 Å². The number of rotatable bonds is 6. The minimum Gasteiger partial charge on any atom is -0.486 e. The van der Waals surface area contributed by atoms with Gasteiger partial charge in [-0.25, -0.2) is 9.69 Å². The van der Waals surface area contributed by atoms with Gasteiger partial charge in [0.05, 0.1) is 6.54 Å². The van der Waals surface area contributed by atoms with Crippen molar-refractivity contribution in [3.63, 3.8) is 0 Å². The quantitative estimate of drug-likeness (QED) is 0.403. The van der Waals surface area contributed by atoms with Crippen molar-refractivity contribution in [3.8, 4) is 11.5 Å². The van der Waals surface area contributed by atoms with Gasteiger partial charge in [-0.3, -0.25) is 19.3 Å². The lowest BCUT2D eigenvalue weighted by molar-refractivity contribution is -0.144. The number of hydrogen-bond donors (Lipinski definition) is 0. The first kappa shape index (κ1) is 18.4. The van der Waals surface area contributed by atoms with E-state index < -0.39 is 36.4 Å². The number of likely N-dealkylation sites (N-methyl/N-ethyl adjacent to an activating group) is 1. The highest BCUT2D eigenvalue weighted by Crippen LogP contribution is 2.30. The van der Waals surface area contributed by atoms with Crippen molar-refractivity contribution in [2.75, 3.05) is 33.3 Å². The summed E-state index contributed by atoms with van der Waals surface area (Å²) >= 11 is 0. The summed E-state index contributed by atoms with van der Waals surface area (Å²) in [5, 5.41) is 0. The number of fused-ring (bicyclic) bond motifs is 1. The molecule has 3 rings (SSSR count). The van der Waals surface area contributed by atoms with Gasteiger partial charge in [0.25, 0.3) is 0 Å². The number of ether oxygens (including phenoxy) is 2. The van der Waals surface area contributed by atoms with Crippen molar-refractivity contribution in [1.82, 2.24) is 14.7 Å². The molecule has 1 saturated heterocycles. The van der Waals surface area contributed by atoms with E-state index in [9.17, 15) is 19.2 Å². The first-order valence-electron chi connectivity index (χ1n) is 8.33. The monoisotopic (exact) mass is 373 g/mol. The molecule has 0 radical (unpaired) electrons. The van der Waals surface area contributed by atoms with E-state index in [0.29, 0.717) is 16.4 Å². The highest BCUT2D eigenvalue weighted by Gasteiger charge is 2.44. The summed E-state index contributed by atoms with van der Waals surface area (Å²) in [7, 11) is 1.53. The fourth-order valence-corrected chi connectivity index (χ4v) is 2.80. The van der Waals surface area contributed by atoms with Gasteiger partial charge in [0.1, 0.15) is 13.2 Å². The normalized spacial score (nSPS) is 18.7. The minimum absolute atomic E-state index is 0.0867. The molecule has 0 unspecified atom stereocenters. The van der Waals surface area contributed by atoms with Gasteiger partial charge >= 0.3 is 17.8 Å². The molecular formula is C18H19N3O6. The van der Waals surface area contributed by atoms with E-state index in [1.165, 1.54) is 18.0 Å². The molecule has 0 aromatic heterocycles. The summed E-state index contributed by atoms with van der Waals surface area (Å²) < 4.78 is 11.4. The van der Waals surface area contributed by atoms with Crippen LogP contribution in [0.15, 0.2) is 36.9 Å². The van der Waals surface area contributed by atoms with Crippen molar-refractivity contribution in [2.24, 2.45) is 0 Å². The number of urea groups is 1. The predicted octanol–water partition coefficient (Wildman–Crippen LogP) is 0.262. The number of benzene rings is 1. The zero-order valence-electron chi connectivity index (χ0n) is 14.8. The maximum Gasteiger partial charge on any atom is 0.335 e. The minimum atomic E-state index is -1.02. The third-order valence-corrected chi connectivity index (χ3v) is 4.21. The second-order valence-corrected chi connectivity index (χ2v) is 6.15. The summed E-state index contributed by atoms with van der Waals surface area (Å²) in [4.78, 5) is 51.0. The topological polar surface area (TPSA) is 96.5 Å². The molecule has 1 aromatic rings. The third-order valence-electron chi connectivity index (χ3n) is 4.21. The molecule has 2 aliphatic rings. The Hall–Kier alpha value is -3.36. The molecule has 2 aliphatic heterocycles. The van der Waals surface area contributed by atoms with E-state index in [0.717, 1.165) is 4.90 Å². The number of nitrogens with zero attached hydrogens (tertiary/aromatic N) is 3. The van der Waals surface area contributed by atoms with Crippen LogP contribution in [0.2, 0.25) is 0 Å². The highest BCUT2D eigenvalue weighted by molar-refractivity contribution is 6.45. The molecule has 1 fully saturated rings. The summed E-state index contributed by atoms with van der Waals surface area (Å²) in [5.41, 5.74) is 0. The molecule has 0 bridgehead atoms. The Kier molecular flexibility index (Phi) is 5.11. The van der Waals surface area contributed by atoms with Crippen molar-refractivity contribution < 1.29 is 28.7 Å². The van der Waals surface area contributed by atoms with Gasteiger partial charge in [0.15, 0.2) is 17.6 Å². The zero-order valence-corrected chi connectivity index (χ0v) is 14.8. The van der Waals surface area contributed by atoms with Crippen LogP contribution in [-0.4, -0.2) is 77.8 Å². The Labute approximate surface area is 155 Å². The lowest BCUT2D eigenvalue weighted by Crippen LogP contribution is -2.46. The van der Waals surface area contributed by atoms with Crippen LogP contribution in [-0.2, 0) is 14.4 Å². The maximum absolute atomic E-state index is 12.4. The molecule has 0 spiro atoms. The van der Waals surface area contributed by atoms with E-state index in [4.69, 9.17) is 9.47 Å². The van der Waals surface area contributed by atoms with Crippen LogP contribution < -0.4 is 9.47 Å². The Balaban J connectivity index is 1.58. The highest BCUT2D eigenvalue weighted by atomic mass is 16.6. The van der Waals surface area contributed by atoms with Gasteiger partial charge < -0.3 is 14.4 Å². The number of carbonyl (C=O) groups excluding carboxylic acids is 4. The molecule has 1 aromatic carbocycles. The van der Waals surface area contributed by atoms with Crippen molar-refractivity contribution in [2.45, 2.75) is 6.10 Å². The molecular weight excluding hydrogens is 354 g/mol. The second kappa shape index (κ2) is 7.48. The Morgan fingerprint density at radius 1 is 1.22 bits per heavy atom. The molecule has 9 heteroatoms. The molecule has 0 N–H and O–H groups in total. The SMILES string of the molecule is C=CCN1C(=O)C(=O)N(CC(=O)N(C)C[C@@H]2COc3ccccc3O2)C1=O. The molecule has 9 nitrogen and oxygen atoms in total. The third kappa shape index (κ3) is 3.62. The lowest BCUT2D eigenvalue weighted by Gasteiger charge is -2.30. The van der Waals surface area contributed by atoms with E-state index in [1.54, 1.807) is 12.1 Å². The van der Waals surface area contributed by atoms with Crippen LogP contribution in [0, 0.1) is 0 Å². The molecule has 0 aliphatic carbocycles. The first-order chi connectivity index (χ1) is 12.9. The van der Waals surface area contributed by atoms with Crippen LogP contribution in [0.1, 0.15) is 0 Å². The number of hydrogen-bond acceptors (Lipinski definition) is 6. The van der Waals surface area contributed by atoms with Gasteiger partial charge in [-0.2, -0.15) is 0 Å². The Morgan fingerprint density at radius 2 is 1.89 bits per heavy atom. The van der Waals surface area contributed by atoms with Crippen molar-refractivity contribution in [3.05, 3.63) is 36.9 Å². The molecule has 5 amide bonds. The second-order valence-electron chi connectivity index (χ2n) is 6.15. The van der Waals surface area contributed by atoms with E-state index >= 15 is 0 Å². The van der Waals surface area contributed by atoms with Crippen molar-refractivity contribution >= 4 is 23.8 Å². The van der Waals surface area contributed by atoms with Gasteiger partial charge in [-0.1, -0.05) is 18.2 Å². The van der Waals surface area contributed by atoms with Gasteiger partial charge in [0.2, 0.25) is 5.91 Å². The van der Waals surface area contributed by atoms with Crippen LogP contribution in [0.25, 0.3) is 0 Å². The van der Waals surface area contributed by atoms with Gasteiger partial charge in [-0.15, -0.1) is 6.58 Å². The van der Waals surface area contributed by atoms with E-state index in [2.05, 4.69) is 6.58 Å². The number of carbonyl (C=O) groups is 4. The molecule has 1 atom stereocenters. The smallest absolute Gasteiger partial charge is 0.335 e. The summed E-state index contributed by atoms with van der Waals surface area (Å²) in [5.74, 6) is -1.25. The summed E-state index contributed by atoms with van der Waals surface area (Å²) in [6, 6.07) is 6.38. The molecule has 142 valence electrons. The maximum atomic E-state index is 12.4. The largest absolute Gasteiger partial charge is 0.486 e. The van der Waals surface area contributed by atoms with Gasteiger partial charge in [-0.05, 0) is 12.1 Å². The van der Waals surface area contributed by atoms with Crippen molar-refractivity contribution in [1.29, 1.82) is 0 Å². The number of para-hydroxylation sites is 2. The van der Waals surface area contributed by atoms with Crippen LogP contribution in [0.3, 0.4) is 0 Å². The summed E-state index contributed by atoms with van der Waals surface area (Å²) in [6.45, 7) is 3.30. The van der Waals surface area contributed by atoms with E-state index in [1.807, 2.05) is 12.1 Å². The average molecular weight is 373 g/mol. The zero-order chi connectivity index (χ0) is 19.6. The first-order valence-corrected chi connectivity index (χ1v) is 8.33. The average Bonchev–Trinajstić information content (AvgIpc) is 2.86. The van der Waals surface area contributed by atoms with Gasteiger partial charge in [0, 0.05) is 13.6 Å². The number of amides is 5. The van der Waals surface area contributed by atoms with Crippen LogP contribution in [0.5, 0.6) is 11.5 Å². The van der Waals surface area contributed by atoms with E-state index in [-0.39, 0.29) is 19.7 Å². The lowest BCUT2D eigenvalue weighted by atomic mass is 10.2. The fourth-order valence-electron chi connectivity index (χ4n) is 2.80. The van der Waals surface area contributed by atoms with Crippen LogP contribution in [0.4, 0.5) is 4.79 Å². The molecule has 0 saturated carbocycles. The standard InChI is InChI=1S/C18H19N3O6/c1-3-8-20-16(23)17(24)21(18(20)25)10-15(22)19(2)9-12-11-26-13-6-4-5-7-14(13)27-12/h3-7,12H,1,8-11H2,2H3/t12-/m1/s1. The molecule has 27 heavy (non-hydrogen) atoms. The molecule has 2 heterocycles. The Morgan fingerprint density at radius 3 is 2.59 bits per heavy atom.